The normalized spacial score (nSPS) is 22.9. The van der Waals surface area contributed by atoms with E-state index in [1.54, 1.807) is 0 Å². The van der Waals surface area contributed by atoms with Gasteiger partial charge in [-0.15, -0.1) is 0 Å². The minimum atomic E-state index is -0.149. The third kappa shape index (κ3) is 3.30. The van der Waals surface area contributed by atoms with Crippen LogP contribution in [0, 0.1) is 5.92 Å². The van der Waals surface area contributed by atoms with E-state index >= 15 is 0 Å². The molecular weight excluding hydrogens is 175 g/mol. The molecule has 66 valence electrons. The molecule has 1 unspecified atom stereocenters. The van der Waals surface area contributed by atoms with Crippen LogP contribution in [0.5, 0.6) is 0 Å². The highest BCUT2D eigenvalue weighted by atomic mass is 35.7. The minimum Gasteiger partial charge on any atom is -0.0961 e. The number of hydrogen-bond donors (Lipinski definition) is 0. The summed E-state index contributed by atoms with van der Waals surface area (Å²) >= 11 is 6.35. The predicted molar refractivity (Wildman–Crippen MR) is 54.7 cm³/mol. The van der Waals surface area contributed by atoms with Gasteiger partial charge in [-0.3, -0.25) is 0 Å². The van der Waals surface area contributed by atoms with Gasteiger partial charge in [-0.25, -0.2) is 0 Å². The summed E-state index contributed by atoms with van der Waals surface area (Å²) in [5.41, 5.74) is 0.897. The van der Waals surface area contributed by atoms with Gasteiger partial charge in [0.1, 0.15) is 0 Å². The Bertz CT molecular complexity index is 108. The molecule has 1 rings (SSSR count). The van der Waals surface area contributed by atoms with E-state index in [2.05, 4.69) is 13.8 Å². The zero-order chi connectivity index (χ0) is 8.27. The highest BCUT2D eigenvalue weighted by molar-refractivity contribution is 7.84. The maximum absolute atomic E-state index is 6.35. The Morgan fingerprint density at radius 1 is 1.36 bits per heavy atom. The van der Waals surface area contributed by atoms with Gasteiger partial charge >= 0.3 is 0 Å². The standard InChI is InChI=1S/C9H18ClP/c1-8(2)7-11(10)9-5-3-4-6-9/h8-9H,3-7H2,1-2H3. The summed E-state index contributed by atoms with van der Waals surface area (Å²) < 4.78 is 0. The number of rotatable bonds is 3. The minimum absolute atomic E-state index is 0.149. The maximum atomic E-state index is 6.35. The molecular formula is C9H18ClP. The molecule has 1 aliphatic rings. The second kappa shape index (κ2) is 4.67. The van der Waals surface area contributed by atoms with Gasteiger partial charge in [-0.05, 0) is 37.9 Å². The molecule has 0 nitrogen and oxygen atoms in total. The zero-order valence-corrected chi connectivity index (χ0v) is 9.17. The molecule has 0 N–H and O–H groups in total. The monoisotopic (exact) mass is 192 g/mol. The number of hydrogen-bond acceptors (Lipinski definition) is 0. The van der Waals surface area contributed by atoms with Gasteiger partial charge in [0.05, 0.1) is 0 Å². The van der Waals surface area contributed by atoms with E-state index in [0.29, 0.717) is 0 Å². The average molecular weight is 193 g/mol. The molecule has 1 fully saturated rings. The second-order valence-electron chi connectivity index (χ2n) is 3.91. The Morgan fingerprint density at radius 2 is 1.91 bits per heavy atom. The van der Waals surface area contributed by atoms with Crippen molar-refractivity contribution in [1.29, 1.82) is 0 Å². The summed E-state index contributed by atoms with van der Waals surface area (Å²) in [4.78, 5) is 0. The Labute approximate surface area is 76.2 Å². The molecule has 0 bridgehead atoms. The van der Waals surface area contributed by atoms with Crippen molar-refractivity contribution in [2.45, 2.75) is 45.2 Å². The molecule has 1 saturated carbocycles. The van der Waals surface area contributed by atoms with Crippen LogP contribution in [0.1, 0.15) is 39.5 Å². The predicted octanol–water partition coefficient (Wildman–Crippen LogP) is 4.22. The largest absolute Gasteiger partial charge is 0.0961 e. The van der Waals surface area contributed by atoms with Crippen molar-refractivity contribution in [3.8, 4) is 0 Å². The van der Waals surface area contributed by atoms with Gasteiger partial charge in [0.25, 0.3) is 0 Å². The summed E-state index contributed by atoms with van der Waals surface area (Å²) in [5, 5.41) is 0. The van der Waals surface area contributed by atoms with Crippen LogP contribution in [-0.4, -0.2) is 11.8 Å². The third-order valence-electron chi connectivity index (χ3n) is 2.26. The van der Waals surface area contributed by atoms with Crippen LogP contribution in [-0.2, 0) is 0 Å². The average Bonchev–Trinajstić information content (AvgIpc) is 2.35. The van der Waals surface area contributed by atoms with E-state index in [1.807, 2.05) is 0 Å². The summed E-state index contributed by atoms with van der Waals surface area (Å²) in [6, 6.07) is 0. The molecule has 11 heavy (non-hydrogen) atoms. The first-order valence-electron chi connectivity index (χ1n) is 4.62. The quantitative estimate of drug-likeness (QED) is 0.588. The summed E-state index contributed by atoms with van der Waals surface area (Å²) in [5.74, 6) is 0.791. The maximum Gasteiger partial charge on any atom is -0.00631 e. The smallest absolute Gasteiger partial charge is 0.00631 e. The van der Waals surface area contributed by atoms with Crippen molar-refractivity contribution in [2.24, 2.45) is 5.92 Å². The molecule has 0 saturated heterocycles. The van der Waals surface area contributed by atoms with Gasteiger partial charge in [0.15, 0.2) is 0 Å². The van der Waals surface area contributed by atoms with E-state index in [9.17, 15) is 0 Å². The molecule has 0 spiro atoms. The molecule has 0 aromatic heterocycles. The van der Waals surface area contributed by atoms with E-state index in [-0.39, 0.29) is 7.27 Å². The SMILES string of the molecule is CC(C)CP(Cl)C1CCCC1. The summed E-state index contributed by atoms with van der Waals surface area (Å²) in [6.07, 6.45) is 6.92. The van der Waals surface area contributed by atoms with Crippen LogP contribution >= 0.6 is 18.5 Å². The number of halogens is 1. The fourth-order valence-electron chi connectivity index (χ4n) is 1.68. The van der Waals surface area contributed by atoms with E-state index in [0.717, 1.165) is 11.6 Å². The van der Waals surface area contributed by atoms with Crippen molar-refractivity contribution in [3.05, 3.63) is 0 Å². The zero-order valence-electron chi connectivity index (χ0n) is 7.52. The van der Waals surface area contributed by atoms with Crippen LogP contribution in [0.25, 0.3) is 0 Å². The molecule has 0 aromatic carbocycles. The van der Waals surface area contributed by atoms with E-state index < -0.39 is 0 Å². The molecule has 1 aliphatic carbocycles. The van der Waals surface area contributed by atoms with E-state index in [1.165, 1.54) is 31.8 Å². The topological polar surface area (TPSA) is 0 Å². The van der Waals surface area contributed by atoms with Crippen molar-refractivity contribution >= 4 is 18.5 Å². The van der Waals surface area contributed by atoms with Gasteiger partial charge < -0.3 is 0 Å². The van der Waals surface area contributed by atoms with Gasteiger partial charge in [-0.1, -0.05) is 37.9 Å². The third-order valence-corrected chi connectivity index (χ3v) is 5.89. The molecule has 0 aromatic rings. The fraction of sp³-hybridized carbons (Fsp3) is 1.00. The fourth-order valence-corrected chi connectivity index (χ4v) is 5.02. The lowest BCUT2D eigenvalue weighted by molar-refractivity contribution is 0.739. The first kappa shape index (κ1) is 9.81. The lowest BCUT2D eigenvalue weighted by Crippen LogP contribution is -2.01. The van der Waals surface area contributed by atoms with Crippen LogP contribution in [0.2, 0.25) is 0 Å². The molecule has 0 radical (unpaired) electrons. The lowest BCUT2D eigenvalue weighted by Gasteiger charge is -2.18. The molecule has 0 heterocycles. The van der Waals surface area contributed by atoms with Crippen LogP contribution in [0.4, 0.5) is 0 Å². The first-order chi connectivity index (χ1) is 5.20. The highest BCUT2D eigenvalue weighted by Crippen LogP contribution is 2.53. The van der Waals surface area contributed by atoms with Crippen molar-refractivity contribution in [2.75, 3.05) is 6.16 Å². The van der Waals surface area contributed by atoms with Crippen molar-refractivity contribution in [1.82, 2.24) is 0 Å². The first-order valence-corrected chi connectivity index (χ1v) is 7.12. The highest BCUT2D eigenvalue weighted by Gasteiger charge is 2.23. The van der Waals surface area contributed by atoms with Crippen LogP contribution in [0.15, 0.2) is 0 Å². The summed E-state index contributed by atoms with van der Waals surface area (Å²) in [6.45, 7) is 4.54. The van der Waals surface area contributed by atoms with Crippen molar-refractivity contribution in [3.63, 3.8) is 0 Å². The Balaban J connectivity index is 2.22. The molecule has 2 heteroatoms. The van der Waals surface area contributed by atoms with Crippen molar-refractivity contribution < 1.29 is 0 Å². The molecule has 0 amide bonds. The van der Waals surface area contributed by atoms with Gasteiger partial charge in [-0.2, -0.15) is 0 Å². The van der Waals surface area contributed by atoms with Gasteiger partial charge in [0.2, 0.25) is 0 Å². The summed E-state index contributed by atoms with van der Waals surface area (Å²) in [7, 11) is -0.149. The Kier molecular flexibility index (Phi) is 4.17. The molecule has 1 atom stereocenters. The van der Waals surface area contributed by atoms with E-state index in [4.69, 9.17) is 11.2 Å². The Hall–Kier alpha value is 0.720. The van der Waals surface area contributed by atoms with Gasteiger partial charge in [0, 0.05) is 0 Å². The molecule has 0 aliphatic heterocycles. The van der Waals surface area contributed by atoms with Crippen LogP contribution in [0.3, 0.4) is 0 Å². The second-order valence-corrected chi connectivity index (χ2v) is 7.11. The Morgan fingerprint density at radius 3 is 2.36 bits per heavy atom. The lowest BCUT2D eigenvalue weighted by atomic mass is 10.3. The van der Waals surface area contributed by atoms with Crippen LogP contribution < -0.4 is 0 Å².